The lowest BCUT2D eigenvalue weighted by molar-refractivity contribution is -0.188. The van der Waals surface area contributed by atoms with E-state index < -0.39 is 23.8 Å². The van der Waals surface area contributed by atoms with Crippen LogP contribution in [0.2, 0.25) is 0 Å². The fraction of sp³-hybridized carbons (Fsp3) is 0.875. The predicted molar refractivity (Wildman–Crippen MR) is 49.4 cm³/mol. The highest BCUT2D eigenvalue weighted by molar-refractivity contribution is 7.99. The summed E-state index contributed by atoms with van der Waals surface area (Å²) in [6.45, 7) is 1.93. The average Bonchev–Trinajstić information content (AvgIpc) is 2.01. The zero-order valence-electron chi connectivity index (χ0n) is 7.80. The maximum Gasteiger partial charge on any atom is 0.403 e. The number of alkyl halides is 3. The Hall–Kier alpha value is -0.390. The molecule has 0 rings (SSSR count). The van der Waals surface area contributed by atoms with Gasteiger partial charge >= 0.3 is 12.1 Å². The van der Waals surface area contributed by atoms with E-state index >= 15 is 0 Å². The van der Waals surface area contributed by atoms with Crippen LogP contribution in [0.15, 0.2) is 0 Å². The molecule has 0 heterocycles. The largest absolute Gasteiger partial charge is 0.481 e. The van der Waals surface area contributed by atoms with Gasteiger partial charge in [0.2, 0.25) is 0 Å². The monoisotopic (exact) mass is 230 g/mol. The van der Waals surface area contributed by atoms with Crippen LogP contribution in [0, 0.1) is 5.92 Å². The van der Waals surface area contributed by atoms with Gasteiger partial charge in [-0.05, 0) is 12.2 Å². The van der Waals surface area contributed by atoms with Gasteiger partial charge in [-0.15, -0.1) is 0 Å². The molecule has 0 bridgehead atoms. The molecular weight excluding hydrogens is 217 g/mol. The van der Waals surface area contributed by atoms with Gasteiger partial charge < -0.3 is 5.11 Å². The highest BCUT2D eigenvalue weighted by atomic mass is 32.2. The molecule has 2 nitrogen and oxygen atoms in total. The van der Waals surface area contributed by atoms with E-state index in [1.165, 1.54) is 0 Å². The van der Waals surface area contributed by atoms with Crippen molar-refractivity contribution in [3.05, 3.63) is 0 Å². The first-order chi connectivity index (χ1) is 6.39. The molecule has 0 spiro atoms. The van der Waals surface area contributed by atoms with Crippen molar-refractivity contribution in [3.8, 4) is 0 Å². The number of aliphatic carboxylic acids is 1. The maximum absolute atomic E-state index is 12.1. The molecule has 0 aromatic carbocycles. The summed E-state index contributed by atoms with van der Waals surface area (Å²) in [6, 6.07) is 0. The Morgan fingerprint density at radius 2 is 2.07 bits per heavy atom. The molecule has 0 aliphatic heterocycles. The Morgan fingerprint density at radius 3 is 2.43 bits per heavy atom. The van der Waals surface area contributed by atoms with E-state index in [-0.39, 0.29) is 0 Å². The number of carboxylic acid groups (broad SMARTS) is 1. The topological polar surface area (TPSA) is 37.3 Å². The zero-order valence-corrected chi connectivity index (χ0v) is 8.62. The molecule has 84 valence electrons. The van der Waals surface area contributed by atoms with E-state index in [2.05, 4.69) is 0 Å². The summed E-state index contributed by atoms with van der Waals surface area (Å²) in [7, 11) is 0. The molecule has 0 saturated carbocycles. The molecule has 0 radical (unpaired) electrons. The minimum absolute atomic E-state index is 0.390. The number of hydrogen-bond donors (Lipinski definition) is 1. The summed E-state index contributed by atoms with van der Waals surface area (Å²) in [6.07, 6.45) is -2.92. The van der Waals surface area contributed by atoms with E-state index in [4.69, 9.17) is 5.11 Å². The van der Waals surface area contributed by atoms with Crippen LogP contribution in [0.1, 0.15) is 19.8 Å². The van der Waals surface area contributed by atoms with Crippen molar-refractivity contribution in [1.29, 1.82) is 0 Å². The molecule has 1 N–H and O–H groups in total. The Kier molecular flexibility index (Phi) is 5.99. The van der Waals surface area contributed by atoms with Crippen LogP contribution < -0.4 is 0 Å². The van der Waals surface area contributed by atoms with Crippen molar-refractivity contribution in [1.82, 2.24) is 0 Å². The van der Waals surface area contributed by atoms with Gasteiger partial charge in [0, 0.05) is 5.75 Å². The second kappa shape index (κ2) is 6.16. The molecule has 1 atom stereocenters. The lowest BCUT2D eigenvalue weighted by Gasteiger charge is -2.15. The Bertz CT molecular complexity index is 182. The number of hydrogen-bond acceptors (Lipinski definition) is 2. The SMILES string of the molecule is CCCCSCC(C(=O)O)C(F)(F)F. The van der Waals surface area contributed by atoms with E-state index in [0.717, 1.165) is 24.6 Å². The molecule has 0 aliphatic carbocycles. The summed E-state index contributed by atoms with van der Waals surface area (Å²) in [5, 5.41) is 8.33. The third kappa shape index (κ3) is 5.36. The first-order valence-electron chi connectivity index (χ1n) is 4.26. The summed E-state index contributed by atoms with van der Waals surface area (Å²) in [5.41, 5.74) is 0. The second-order valence-corrected chi connectivity index (χ2v) is 4.01. The summed E-state index contributed by atoms with van der Waals surface area (Å²) in [5.74, 6) is -3.83. The number of rotatable bonds is 6. The van der Waals surface area contributed by atoms with Gasteiger partial charge in [-0.2, -0.15) is 24.9 Å². The summed E-state index contributed by atoms with van der Waals surface area (Å²) < 4.78 is 36.3. The summed E-state index contributed by atoms with van der Waals surface area (Å²) in [4.78, 5) is 10.3. The number of halogens is 3. The number of unbranched alkanes of at least 4 members (excludes halogenated alkanes) is 1. The quantitative estimate of drug-likeness (QED) is 0.713. The van der Waals surface area contributed by atoms with Gasteiger partial charge in [0.05, 0.1) is 0 Å². The van der Waals surface area contributed by atoms with Gasteiger partial charge in [-0.25, -0.2) is 0 Å². The number of carbonyl (C=O) groups is 1. The molecule has 0 amide bonds. The Morgan fingerprint density at radius 1 is 1.50 bits per heavy atom. The average molecular weight is 230 g/mol. The minimum atomic E-state index is -4.63. The van der Waals surface area contributed by atoms with E-state index in [0.29, 0.717) is 5.75 Å². The molecular formula is C8H13F3O2S. The van der Waals surface area contributed by atoms with Crippen molar-refractivity contribution in [2.45, 2.75) is 25.9 Å². The van der Waals surface area contributed by atoms with Crippen LogP contribution in [-0.4, -0.2) is 28.8 Å². The second-order valence-electron chi connectivity index (χ2n) is 2.86. The number of thioether (sulfide) groups is 1. The maximum atomic E-state index is 12.1. The van der Waals surface area contributed by atoms with Crippen LogP contribution in [0.25, 0.3) is 0 Å². The van der Waals surface area contributed by atoms with Crippen molar-refractivity contribution in [3.63, 3.8) is 0 Å². The van der Waals surface area contributed by atoms with Crippen molar-refractivity contribution < 1.29 is 23.1 Å². The lowest BCUT2D eigenvalue weighted by atomic mass is 10.2. The van der Waals surface area contributed by atoms with Gasteiger partial charge in [0.15, 0.2) is 5.92 Å². The molecule has 0 fully saturated rings. The zero-order chi connectivity index (χ0) is 11.2. The standard InChI is InChI=1S/C8H13F3O2S/c1-2-3-4-14-5-6(7(12)13)8(9,10)11/h6H,2-5H2,1H3,(H,12,13). The smallest absolute Gasteiger partial charge is 0.403 e. The third-order valence-corrected chi connectivity index (χ3v) is 2.77. The predicted octanol–water partition coefficient (Wildman–Crippen LogP) is 2.78. The van der Waals surface area contributed by atoms with E-state index in [9.17, 15) is 18.0 Å². The highest BCUT2D eigenvalue weighted by Crippen LogP contribution is 2.29. The Balaban J connectivity index is 3.94. The molecule has 0 aromatic heterocycles. The first kappa shape index (κ1) is 13.6. The molecule has 6 heteroatoms. The normalized spacial score (nSPS) is 14.0. The summed E-state index contributed by atoms with van der Waals surface area (Å²) >= 11 is 1.04. The van der Waals surface area contributed by atoms with Crippen LogP contribution in [0.5, 0.6) is 0 Å². The fourth-order valence-electron chi connectivity index (χ4n) is 0.753. The molecule has 0 aliphatic rings. The van der Waals surface area contributed by atoms with Crippen LogP contribution in [0.3, 0.4) is 0 Å². The first-order valence-corrected chi connectivity index (χ1v) is 5.42. The number of carboxylic acids is 1. The molecule has 0 saturated heterocycles. The minimum Gasteiger partial charge on any atom is -0.481 e. The van der Waals surface area contributed by atoms with E-state index in [1.54, 1.807) is 0 Å². The molecule has 1 unspecified atom stereocenters. The van der Waals surface area contributed by atoms with Crippen molar-refractivity contribution in [2.75, 3.05) is 11.5 Å². The van der Waals surface area contributed by atoms with Crippen LogP contribution >= 0.6 is 11.8 Å². The molecule has 0 aromatic rings. The highest BCUT2D eigenvalue weighted by Gasteiger charge is 2.44. The van der Waals surface area contributed by atoms with E-state index in [1.807, 2.05) is 6.92 Å². The van der Waals surface area contributed by atoms with Crippen LogP contribution in [-0.2, 0) is 4.79 Å². The van der Waals surface area contributed by atoms with Gasteiger partial charge in [0.25, 0.3) is 0 Å². The van der Waals surface area contributed by atoms with Crippen LogP contribution in [0.4, 0.5) is 13.2 Å². The van der Waals surface area contributed by atoms with Gasteiger partial charge in [-0.1, -0.05) is 13.3 Å². The third-order valence-electron chi connectivity index (χ3n) is 1.62. The van der Waals surface area contributed by atoms with Gasteiger partial charge in [-0.3, -0.25) is 4.79 Å². The lowest BCUT2D eigenvalue weighted by Crippen LogP contribution is -2.32. The Labute approximate surface area is 84.9 Å². The molecule has 14 heavy (non-hydrogen) atoms. The van der Waals surface area contributed by atoms with Crippen molar-refractivity contribution >= 4 is 17.7 Å². The van der Waals surface area contributed by atoms with Gasteiger partial charge in [0.1, 0.15) is 0 Å². The fourth-order valence-corrected chi connectivity index (χ4v) is 1.98. The van der Waals surface area contributed by atoms with Crippen molar-refractivity contribution in [2.24, 2.45) is 5.92 Å².